The van der Waals surface area contributed by atoms with Crippen LogP contribution in [0, 0.1) is 5.92 Å². The van der Waals surface area contributed by atoms with Crippen LogP contribution in [0.15, 0.2) is 49.1 Å². The first-order valence-electron chi connectivity index (χ1n) is 11.5. The molecule has 3 aromatic rings. The summed E-state index contributed by atoms with van der Waals surface area (Å²) >= 11 is 1.66. The predicted octanol–water partition coefficient (Wildman–Crippen LogP) is 3.83. The molecule has 1 fully saturated rings. The Hall–Kier alpha value is -2.64. The van der Waals surface area contributed by atoms with Gasteiger partial charge in [0.15, 0.2) is 0 Å². The summed E-state index contributed by atoms with van der Waals surface area (Å²) in [5.74, 6) is 1.03. The van der Waals surface area contributed by atoms with E-state index in [0.717, 1.165) is 54.8 Å². The van der Waals surface area contributed by atoms with Gasteiger partial charge in [-0.3, -0.25) is 4.79 Å². The number of carbonyl (C=O) groups excluding carboxylic acids is 1. The van der Waals surface area contributed by atoms with Crippen LogP contribution in [0.2, 0.25) is 0 Å². The van der Waals surface area contributed by atoms with Gasteiger partial charge in [0.2, 0.25) is 5.91 Å². The quantitative estimate of drug-likeness (QED) is 0.575. The topological polar surface area (TPSA) is 62.2 Å². The van der Waals surface area contributed by atoms with Crippen molar-refractivity contribution in [2.45, 2.75) is 38.6 Å². The van der Waals surface area contributed by atoms with Gasteiger partial charge >= 0.3 is 0 Å². The summed E-state index contributed by atoms with van der Waals surface area (Å²) in [7, 11) is 0. The number of fused-ring (bicyclic) bond motifs is 1. The van der Waals surface area contributed by atoms with Crippen molar-refractivity contribution in [3.05, 3.63) is 65.2 Å². The summed E-state index contributed by atoms with van der Waals surface area (Å²) in [6, 6.07) is 10.8. The molecule has 0 radical (unpaired) electrons. The molecule has 6 nitrogen and oxygen atoms in total. The molecule has 166 valence electrons. The maximum absolute atomic E-state index is 12.9. The lowest BCUT2D eigenvalue weighted by Crippen LogP contribution is -2.40. The molecule has 2 aliphatic rings. The molecule has 1 amide bonds. The minimum absolute atomic E-state index is 0.264. The van der Waals surface area contributed by atoms with Crippen LogP contribution in [0.4, 0.5) is 0 Å². The van der Waals surface area contributed by atoms with E-state index in [4.69, 9.17) is 4.98 Å². The fourth-order valence-corrected chi connectivity index (χ4v) is 5.81. The molecular formula is C25H29N5OS. The lowest BCUT2D eigenvalue weighted by atomic mass is 9.90. The molecule has 0 atom stereocenters. The molecule has 0 aliphatic carbocycles. The van der Waals surface area contributed by atoms with Gasteiger partial charge in [0.1, 0.15) is 11.3 Å². The summed E-state index contributed by atoms with van der Waals surface area (Å²) in [4.78, 5) is 31.5. The number of aromatic nitrogens is 3. The SMILES string of the molecule is O=C(CCN1CCC(Cc2ccccc2)CC1)N1CCc2nc(-c3cncnc3)sc2C1. The van der Waals surface area contributed by atoms with E-state index >= 15 is 0 Å². The molecule has 2 aromatic heterocycles. The molecule has 4 heterocycles. The zero-order valence-corrected chi connectivity index (χ0v) is 19.1. The van der Waals surface area contributed by atoms with E-state index in [0.29, 0.717) is 13.0 Å². The molecule has 1 aromatic carbocycles. The van der Waals surface area contributed by atoms with Crippen LogP contribution in [-0.2, 0) is 24.2 Å². The van der Waals surface area contributed by atoms with Gasteiger partial charge in [0.05, 0.1) is 12.2 Å². The van der Waals surface area contributed by atoms with Gasteiger partial charge < -0.3 is 9.80 Å². The van der Waals surface area contributed by atoms with Crippen molar-refractivity contribution in [1.82, 2.24) is 24.8 Å². The maximum Gasteiger partial charge on any atom is 0.224 e. The van der Waals surface area contributed by atoms with Crippen LogP contribution >= 0.6 is 11.3 Å². The Bertz CT molecular complexity index is 1030. The number of carbonyl (C=O) groups is 1. The molecule has 1 saturated heterocycles. The third-order valence-electron chi connectivity index (χ3n) is 6.61. The van der Waals surface area contributed by atoms with Crippen molar-refractivity contribution >= 4 is 17.2 Å². The second kappa shape index (κ2) is 9.88. The van der Waals surface area contributed by atoms with Crippen LogP contribution in [0.3, 0.4) is 0 Å². The molecule has 7 heteroatoms. The number of benzene rings is 1. The highest BCUT2D eigenvalue weighted by Crippen LogP contribution is 2.31. The van der Waals surface area contributed by atoms with Gasteiger partial charge in [-0.15, -0.1) is 11.3 Å². The van der Waals surface area contributed by atoms with Gasteiger partial charge in [0.25, 0.3) is 0 Å². The Balaban J connectivity index is 1.09. The average Bonchev–Trinajstić information content (AvgIpc) is 3.28. The van der Waals surface area contributed by atoms with E-state index in [1.807, 2.05) is 4.90 Å². The highest BCUT2D eigenvalue weighted by molar-refractivity contribution is 7.15. The summed E-state index contributed by atoms with van der Waals surface area (Å²) < 4.78 is 0. The van der Waals surface area contributed by atoms with E-state index in [1.165, 1.54) is 36.0 Å². The number of likely N-dealkylation sites (tertiary alicyclic amines) is 1. The number of piperidine rings is 1. The highest BCUT2D eigenvalue weighted by atomic mass is 32.1. The minimum Gasteiger partial charge on any atom is -0.337 e. The fraction of sp³-hybridized carbons (Fsp3) is 0.440. The van der Waals surface area contributed by atoms with Gasteiger partial charge in [0, 0.05) is 48.8 Å². The fourth-order valence-electron chi connectivity index (χ4n) is 4.71. The summed E-state index contributed by atoms with van der Waals surface area (Å²) in [5, 5.41) is 0.947. The Labute approximate surface area is 193 Å². The van der Waals surface area contributed by atoms with E-state index in [9.17, 15) is 4.79 Å². The van der Waals surface area contributed by atoms with E-state index < -0.39 is 0 Å². The second-order valence-corrected chi connectivity index (χ2v) is 9.89. The molecule has 32 heavy (non-hydrogen) atoms. The number of thiazole rings is 1. The first-order valence-corrected chi connectivity index (χ1v) is 12.3. The Morgan fingerprint density at radius 2 is 1.84 bits per heavy atom. The second-order valence-electron chi connectivity index (χ2n) is 8.81. The first kappa shape index (κ1) is 21.2. The van der Waals surface area contributed by atoms with Crippen molar-refractivity contribution < 1.29 is 4.79 Å². The molecule has 0 spiro atoms. The lowest BCUT2D eigenvalue weighted by Gasteiger charge is -2.33. The standard InChI is InChI=1S/C25H29N5OS/c31-24(9-12-29-10-6-20(7-11-29)14-19-4-2-1-3-5-19)30-13-8-22-23(17-30)32-25(28-22)21-15-26-18-27-16-21/h1-5,15-16,18,20H,6-14,17H2. The van der Waals surface area contributed by atoms with Crippen LogP contribution in [0.1, 0.15) is 35.4 Å². The largest absolute Gasteiger partial charge is 0.337 e. The Morgan fingerprint density at radius 1 is 1.06 bits per heavy atom. The zero-order chi connectivity index (χ0) is 21.8. The van der Waals surface area contributed by atoms with Gasteiger partial charge in [-0.05, 0) is 43.8 Å². The van der Waals surface area contributed by atoms with Crippen molar-refractivity contribution in [2.75, 3.05) is 26.2 Å². The van der Waals surface area contributed by atoms with Gasteiger partial charge in [-0.2, -0.15) is 0 Å². The molecule has 5 rings (SSSR count). The van der Waals surface area contributed by atoms with Gasteiger partial charge in [-0.25, -0.2) is 15.0 Å². The van der Waals surface area contributed by atoms with Crippen LogP contribution in [-0.4, -0.2) is 56.8 Å². The van der Waals surface area contributed by atoms with Crippen molar-refractivity contribution in [3.63, 3.8) is 0 Å². The van der Waals surface area contributed by atoms with Crippen molar-refractivity contribution in [1.29, 1.82) is 0 Å². The summed E-state index contributed by atoms with van der Waals surface area (Å²) in [5.41, 5.74) is 3.51. The minimum atomic E-state index is 0.264. The number of nitrogens with zero attached hydrogens (tertiary/aromatic N) is 5. The number of hydrogen-bond acceptors (Lipinski definition) is 6. The Morgan fingerprint density at radius 3 is 2.62 bits per heavy atom. The van der Waals surface area contributed by atoms with E-state index in [2.05, 4.69) is 45.2 Å². The predicted molar refractivity (Wildman–Crippen MR) is 126 cm³/mol. The normalized spacial score (nSPS) is 17.3. The molecule has 0 N–H and O–H groups in total. The van der Waals surface area contributed by atoms with Gasteiger partial charge in [-0.1, -0.05) is 30.3 Å². The number of hydrogen-bond donors (Lipinski definition) is 0. The summed E-state index contributed by atoms with van der Waals surface area (Å²) in [6.07, 6.45) is 10.2. The number of rotatable bonds is 6. The molecule has 0 unspecified atom stereocenters. The summed E-state index contributed by atoms with van der Waals surface area (Å²) in [6.45, 7) is 4.52. The molecule has 0 bridgehead atoms. The van der Waals surface area contributed by atoms with E-state index in [1.54, 1.807) is 23.7 Å². The van der Waals surface area contributed by atoms with Crippen LogP contribution in [0.25, 0.3) is 10.6 Å². The Kier molecular flexibility index (Phi) is 6.55. The third kappa shape index (κ3) is 5.05. The average molecular weight is 448 g/mol. The lowest BCUT2D eigenvalue weighted by molar-refractivity contribution is -0.132. The third-order valence-corrected chi connectivity index (χ3v) is 7.74. The van der Waals surface area contributed by atoms with Crippen LogP contribution in [0.5, 0.6) is 0 Å². The molecular weight excluding hydrogens is 418 g/mol. The van der Waals surface area contributed by atoms with Crippen molar-refractivity contribution in [3.8, 4) is 10.6 Å². The van der Waals surface area contributed by atoms with Crippen molar-refractivity contribution in [2.24, 2.45) is 5.92 Å². The first-order chi connectivity index (χ1) is 15.7. The highest BCUT2D eigenvalue weighted by Gasteiger charge is 2.26. The smallest absolute Gasteiger partial charge is 0.224 e. The maximum atomic E-state index is 12.9. The zero-order valence-electron chi connectivity index (χ0n) is 18.3. The number of amides is 1. The molecule has 0 saturated carbocycles. The monoisotopic (exact) mass is 447 g/mol. The van der Waals surface area contributed by atoms with Crippen LogP contribution < -0.4 is 0 Å². The van der Waals surface area contributed by atoms with E-state index in [-0.39, 0.29) is 5.91 Å². The molecule has 2 aliphatic heterocycles.